The smallest absolute Gasteiger partial charge is 0.268 e. The molecule has 0 radical (unpaired) electrons. The van der Waals surface area contributed by atoms with E-state index in [-0.39, 0.29) is 24.0 Å². The second kappa shape index (κ2) is 6.74. The molecule has 1 amide bonds. The van der Waals surface area contributed by atoms with Crippen molar-refractivity contribution < 1.29 is 14.6 Å². The number of methoxy groups -OCH3 is 1. The van der Waals surface area contributed by atoms with Gasteiger partial charge < -0.3 is 19.7 Å². The lowest BCUT2D eigenvalue weighted by Crippen LogP contribution is -2.41. The van der Waals surface area contributed by atoms with Crippen molar-refractivity contribution in [1.29, 1.82) is 0 Å². The zero-order valence-electron chi connectivity index (χ0n) is 15.7. The molecule has 1 aliphatic rings. The number of rotatable bonds is 5. The molecular weight excluding hydrogens is 344 g/mol. The predicted octanol–water partition coefficient (Wildman–Crippen LogP) is 2.16. The van der Waals surface area contributed by atoms with Crippen molar-refractivity contribution in [2.75, 3.05) is 7.11 Å². The summed E-state index contributed by atoms with van der Waals surface area (Å²) in [6, 6.07) is 7.47. The molecule has 3 aromatic rings. The second-order valence-electron chi connectivity index (χ2n) is 7.30. The van der Waals surface area contributed by atoms with E-state index in [1.807, 2.05) is 49.1 Å². The van der Waals surface area contributed by atoms with Gasteiger partial charge >= 0.3 is 0 Å². The topological polar surface area (TPSA) is 81.3 Å². The summed E-state index contributed by atoms with van der Waals surface area (Å²) in [5, 5.41) is 18.1. The average molecular weight is 368 g/mol. The summed E-state index contributed by atoms with van der Waals surface area (Å²) in [4.78, 5) is 13.1. The van der Waals surface area contributed by atoms with E-state index in [1.165, 1.54) is 0 Å². The SMILES string of the molecule is COc1ccc2c(c1)cc(C(=O)N[C@@H](c1cnn(C)c1)C1CC(O)C1)n2C. The number of aliphatic hydroxyl groups is 1. The quantitative estimate of drug-likeness (QED) is 0.723. The third kappa shape index (κ3) is 3.19. The average Bonchev–Trinajstić information content (AvgIpc) is 3.20. The van der Waals surface area contributed by atoms with Crippen LogP contribution < -0.4 is 10.1 Å². The van der Waals surface area contributed by atoms with Gasteiger partial charge in [-0.1, -0.05) is 0 Å². The molecule has 0 bridgehead atoms. The molecule has 1 saturated carbocycles. The van der Waals surface area contributed by atoms with E-state index in [9.17, 15) is 9.90 Å². The Hall–Kier alpha value is -2.80. The van der Waals surface area contributed by atoms with Crippen LogP contribution in [0.4, 0.5) is 0 Å². The minimum absolute atomic E-state index is 0.136. The summed E-state index contributed by atoms with van der Waals surface area (Å²) in [6.07, 6.45) is 4.79. The van der Waals surface area contributed by atoms with Gasteiger partial charge in [0.15, 0.2) is 0 Å². The molecule has 0 spiro atoms. The molecule has 4 rings (SSSR count). The molecule has 1 aliphatic carbocycles. The number of aryl methyl sites for hydroxylation is 2. The van der Waals surface area contributed by atoms with E-state index < -0.39 is 0 Å². The van der Waals surface area contributed by atoms with E-state index in [4.69, 9.17) is 4.74 Å². The highest BCUT2D eigenvalue weighted by molar-refractivity contribution is 5.99. The van der Waals surface area contributed by atoms with Crippen molar-refractivity contribution in [2.24, 2.45) is 20.0 Å². The summed E-state index contributed by atoms with van der Waals surface area (Å²) < 4.78 is 8.90. The van der Waals surface area contributed by atoms with Crippen LogP contribution in [-0.4, -0.2) is 38.6 Å². The van der Waals surface area contributed by atoms with Crippen LogP contribution in [-0.2, 0) is 14.1 Å². The molecule has 142 valence electrons. The van der Waals surface area contributed by atoms with E-state index in [0.717, 1.165) is 22.2 Å². The molecule has 0 aliphatic heterocycles. The number of ether oxygens (including phenoxy) is 1. The molecule has 1 aromatic carbocycles. The Balaban J connectivity index is 1.62. The first-order valence-corrected chi connectivity index (χ1v) is 9.07. The largest absolute Gasteiger partial charge is 0.497 e. The number of nitrogens with zero attached hydrogens (tertiary/aromatic N) is 3. The van der Waals surface area contributed by atoms with Gasteiger partial charge in [-0.15, -0.1) is 0 Å². The number of hydrogen-bond acceptors (Lipinski definition) is 4. The van der Waals surface area contributed by atoms with Crippen molar-refractivity contribution in [2.45, 2.75) is 25.0 Å². The van der Waals surface area contributed by atoms with E-state index in [0.29, 0.717) is 18.5 Å². The first-order chi connectivity index (χ1) is 13.0. The third-order valence-corrected chi connectivity index (χ3v) is 5.47. The van der Waals surface area contributed by atoms with Crippen molar-refractivity contribution in [3.8, 4) is 5.75 Å². The highest BCUT2D eigenvalue weighted by atomic mass is 16.5. The Morgan fingerprint density at radius 1 is 1.33 bits per heavy atom. The lowest BCUT2D eigenvalue weighted by Gasteiger charge is -2.37. The molecule has 1 fully saturated rings. The van der Waals surface area contributed by atoms with E-state index in [1.54, 1.807) is 18.0 Å². The van der Waals surface area contributed by atoms with Gasteiger partial charge in [-0.25, -0.2) is 0 Å². The van der Waals surface area contributed by atoms with Gasteiger partial charge in [-0.2, -0.15) is 5.10 Å². The first kappa shape index (κ1) is 17.6. The number of aromatic nitrogens is 3. The molecule has 1 atom stereocenters. The molecule has 2 aromatic heterocycles. The standard InChI is InChI=1S/C20H24N4O3/c1-23-11-14(10-21-23)19(13-6-15(25)7-13)22-20(26)18-9-12-8-16(27-3)4-5-17(12)24(18)2/h4-5,8-11,13,15,19,25H,6-7H2,1-3H3,(H,22,26)/t13?,15?,19-/m1/s1. The van der Waals surface area contributed by atoms with Gasteiger partial charge in [0, 0.05) is 36.8 Å². The third-order valence-electron chi connectivity index (χ3n) is 5.47. The molecule has 7 heteroatoms. The van der Waals surface area contributed by atoms with Gasteiger partial charge in [0.05, 0.1) is 25.5 Å². The van der Waals surface area contributed by atoms with Crippen molar-refractivity contribution in [1.82, 2.24) is 19.7 Å². The van der Waals surface area contributed by atoms with Crippen molar-refractivity contribution in [3.63, 3.8) is 0 Å². The minimum atomic E-state index is -0.281. The maximum atomic E-state index is 13.1. The number of aliphatic hydroxyl groups excluding tert-OH is 1. The van der Waals surface area contributed by atoms with Gasteiger partial charge in [-0.3, -0.25) is 9.48 Å². The van der Waals surface area contributed by atoms with Gasteiger partial charge in [0.25, 0.3) is 5.91 Å². The van der Waals surface area contributed by atoms with Crippen LogP contribution >= 0.6 is 0 Å². The number of nitrogens with one attached hydrogen (secondary N) is 1. The summed E-state index contributed by atoms with van der Waals surface area (Å²) in [5.74, 6) is 0.836. The van der Waals surface area contributed by atoms with Crippen LogP contribution in [0, 0.1) is 5.92 Å². The maximum absolute atomic E-state index is 13.1. The van der Waals surface area contributed by atoms with Crippen LogP contribution in [0.3, 0.4) is 0 Å². The summed E-state index contributed by atoms with van der Waals surface area (Å²) in [7, 11) is 5.37. The Morgan fingerprint density at radius 2 is 2.11 bits per heavy atom. The molecule has 27 heavy (non-hydrogen) atoms. The fourth-order valence-corrected chi connectivity index (χ4v) is 3.86. The lowest BCUT2D eigenvalue weighted by molar-refractivity contribution is 0.0234. The van der Waals surface area contributed by atoms with Crippen LogP contribution in [0.2, 0.25) is 0 Å². The zero-order chi connectivity index (χ0) is 19.1. The van der Waals surface area contributed by atoms with Crippen LogP contribution in [0.5, 0.6) is 5.75 Å². The fourth-order valence-electron chi connectivity index (χ4n) is 3.86. The summed E-state index contributed by atoms with van der Waals surface area (Å²) >= 11 is 0. The normalized spacial score (nSPS) is 20.3. The van der Waals surface area contributed by atoms with Gasteiger partial charge in [0.2, 0.25) is 0 Å². The summed E-state index contributed by atoms with van der Waals surface area (Å²) in [5.41, 5.74) is 2.52. The highest BCUT2D eigenvalue weighted by Gasteiger charge is 2.36. The van der Waals surface area contributed by atoms with E-state index in [2.05, 4.69) is 10.4 Å². The Labute approximate surface area is 157 Å². The van der Waals surface area contributed by atoms with Crippen molar-refractivity contribution in [3.05, 3.63) is 47.9 Å². The Morgan fingerprint density at radius 3 is 2.74 bits per heavy atom. The molecule has 2 heterocycles. The lowest BCUT2D eigenvalue weighted by atomic mass is 9.75. The number of hydrogen-bond donors (Lipinski definition) is 2. The van der Waals surface area contributed by atoms with Gasteiger partial charge in [-0.05, 0) is 43.0 Å². The number of carbonyl (C=O) groups is 1. The predicted molar refractivity (Wildman–Crippen MR) is 102 cm³/mol. The number of carbonyl (C=O) groups excluding carboxylic acids is 1. The van der Waals surface area contributed by atoms with Crippen LogP contribution in [0.1, 0.15) is 34.9 Å². The Kier molecular flexibility index (Phi) is 4.39. The van der Waals surface area contributed by atoms with Crippen molar-refractivity contribution >= 4 is 16.8 Å². The van der Waals surface area contributed by atoms with Gasteiger partial charge in [0.1, 0.15) is 11.4 Å². The Bertz CT molecular complexity index is 984. The molecule has 7 nitrogen and oxygen atoms in total. The molecular formula is C20H24N4O3. The highest BCUT2D eigenvalue weighted by Crippen LogP contribution is 2.38. The number of amides is 1. The maximum Gasteiger partial charge on any atom is 0.268 e. The van der Waals surface area contributed by atoms with Crippen LogP contribution in [0.15, 0.2) is 36.7 Å². The zero-order valence-corrected chi connectivity index (χ0v) is 15.7. The second-order valence-corrected chi connectivity index (χ2v) is 7.30. The fraction of sp³-hybridized carbons (Fsp3) is 0.400. The molecule has 2 N–H and O–H groups in total. The summed E-state index contributed by atoms with van der Waals surface area (Å²) in [6.45, 7) is 0. The van der Waals surface area contributed by atoms with Crippen LogP contribution in [0.25, 0.3) is 10.9 Å². The minimum Gasteiger partial charge on any atom is -0.497 e. The molecule has 0 unspecified atom stereocenters. The van der Waals surface area contributed by atoms with E-state index >= 15 is 0 Å². The first-order valence-electron chi connectivity index (χ1n) is 9.07. The number of benzene rings is 1. The number of fused-ring (bicyclic) bond motifs is 1. The molecule has 0 saturated heterocycles. The monoisotopic (exact) mass is 368 g/mol.